The van der Waals surface area contributed by atoms with E-state index in [0.29, 0.717) is 7.06 Å². The van der Waals surface area contributed by atoms with Crippen LogP contribution in [0.4, 0.5) is 14.5 Å². The van der Waals surface area contributed by atoms with Crippen LogP contribution in [0.15, 0.2) is 54.3 Å². The second kappa shape index (κ2) is 11.2. The van der Waals surface area contributed by atoms with Crippen molar-refractivity contribution in [2.24, 2.45) is 0 Å². The molecular weight excluding hydrogens is 808 g/mol. The second-order valence-corrected chi connectivity index (χ2v) is 18.7. The molecule has 1 aliphatic rings. The molecule has 37 heavy (non-hydrogen) atoms. The Bertz CT molecular complexity index is 1640. The van der Waals surface area contributed by atoms with Crippen LogP contribution in [0.3, 0.4) is 0 Å². The van der Waals surface area contributed by atoms with Crippen LogP contribution in [0, 0.1) is 11.6 Å². The molecule has 14 heteroatoms. The van der Waals surface area contributed by atoms with Crippen molar-refractivity contribution >= 4 is 102 Å². The van der Waals surface area contributed by atoms with E-state index in [9.17, 15) is 22.4 Å². The van der Waals surface area contributed by atoms with Gasteiger partial charge in [-0.2, -0.15) is 0 Å². The Morgan fingerprint density at radius 3 is 2.68 bits per heavy atom. The van der Waals surface area contributed by atoms with Gasteiger partial charge < -0.3 is 0 Å². The van der Waals surface area contributed by atoms with E-state index in [1.165, 1.54) is 12.3 Å². The number of pyridine rings is 1. The summed E-state index contributed by atoms with van der Waals surface area (Å²) in [6.45, 7) is 1.63. The minimum absolute atomic E-state index is 0.0548. The maximum atomic E-state index is 15.3. The summed E-state index contributed by atoms with van der Waals surface area (Å²) in [7, 11) is -3.92. The molecule has 0 bridgehead atoms. The third kappa shape index (κ3) is 5.70. The Balaban J connectivity index is 1.87. The van der Waals surface area contributed by atoms with E-state index in [1.807, 2.05) is 4.72 Å². The van der Waals surface area contributed by atoms with Gasteiger partial charge in [-0.15, -0.1) is 0 Å². The van der Waals surface area contributed by atoms with Crippen LogP contribution in [0.5, 0.6) is 0 Å². The molecule has 0 atom stereocenters. The van der Waals surface area contributed by atoms with Crippen LogP contribution in [0.1, 0.15) is 34.1 Å². The number of nitrogens with one attached hydrogen (secondary N) is 1. The second-order valence-electron chi connectivity index (χ2n) is 7.99. The summed E-state index contributed by atoms with van der Waals surface area (Å²) < 4.78 is 59.2. The molecule has 1 aromatic carbocycles. The normalized spacial score (nSPS) is 13.7. The summed E-state index contributed by atoms with van der Waals surface area (Å²) in [6, 6.07) is 3.18. The number of fused-ring (bicyclic) bond motifs is 1. The van der Waals surface area contributed by atoms with Gasteiger partial charge in [-0.25, -0.2) is 8.42 Å². The molecule has 1 N–H and O–H groups in total. The predicted molar refractivity (Wildman–Crippen MR) is 143 cm³/mol. The molecular formula is C23H16BrCl2F2N3O4STl. The van der Waals surface area contributed by atoms with E-state index in [-0.39, 0.29) is 39.4 Å². The molecule has 1 aliphatic heterocycles. The first-order chi connectivity index (χ1) is 17.4. The number of rotatable bonds is 7. The molecule has 3 aromatic rings. The summed E-state index contributed by atoms with van der Waals surface area (Å²) in [5.74, 6) is -4.59. The average Bonchev–Trinajstić information content (AvgIpc) is 3.19. The minimum atomic E-state index is -3.92. The molecule has 2 aromatic heterocycles. The van der Waals surface area contributed by atoms with Gasteiger partial charge in [0.25, 0.3) is 0 Å². The van der Waals surface area contributed by atoms with E-state index >= 15 is 4.39 Å². The summed E-state index contributed by atoms with van der Waals surface area (Å²) in [5.41, 5.74) is -1.60. The quantitative estimate of drug-likeness (QED) is 0.240. The zero-order valence-corrected chi connectivity index (χ0v) is 27.4. The zero-order valence-electron chi connectivity index (χ0n) is 19.0. The van der Waals surface area contributed by atoms with Crippen LogP contribution in [-0.2, 0) is 10.0 Å². The van der Waals surface area contributed by atoms with Crippen LogP contribution in [-0.4, -0.2) is 59.6 Å². The van der Waals surface area contributed by atoms with Crippen LogP contribution in [0.2, 0.25) is 3.98 Å². The van der Waals surface area contributed by atoms with Gasteiger partial charge in [-0.05, 0) is 6.42 Å². The van der Waals surface area contributed by atoms with Crippen molar-refractivity contribution < 1.29 is 26.8 Å². The number of anilines is 1. The average molecular weight is 824 g/mol. The van der Waals surface area contributed by atoms with Crippen molar-refractivity contribution in [3.63, 3.8) is 0 Å². The molecule has 0 aliphatic carbocycles. The molecule has 0 amide bonds. The zero-order chi connectivity index (χ0) is 27.1. The number of hydrogen-bond acceptors (Lipinski definition) is 5. The van der Waals surface area contributed by atoms with Crippen molar-refractivity contribution in [3.05, 3.63) is 77.1 Å². The number of hydrogen-bond donors (Lipinski definition) is 1. The first-order valence-electron chi connectivity index (χ1n) is 10.8. The van der Waals surface area contributed by atoms with Gasteiger partial charge >= 0.3 is 216 Å². The standard InChI is InChI=1S/C23H16BrCl2F2N3O4S.Tl/c1-3-7-36(34,35)30-18-6-5-17(27)19(20(18)28)21(32)15-11-31(22-13(15)8-12(24)10-29-22)23(33)14(9-25)16(26)4-2;/h4-6,8,10-11,30H,2-3,7H2,1H3;. The Labute approximate surface area is 241 Å². The van der Waals surface area contributed by atoms with Gasteiger partial charge in [-0.3, -0.25) is 0 Å². The molecule has 4 rings (SSSR count). The summed E-state index contributed by atoms with van der Waals surface area (Å²) in [4.78, 5) is 31.2. The maximum absolute atomic E-state index is 15.3. The van der Waals surface area contributed by atoms with Crippen LogP contribution in [0.25, 0.3) is 11.0 Å². The number of benzene rings is 1. The Hall–Kier alpha value is -1.68. The fourth-order valence-electron chi connectivity index (χ4n) is 3.79. The third-order valence-electron chi connectivity index (χ3n) is 5.42. The van der Waals surface area contributed by atoms with Crippen molar-refractivity contribution in [2.75, 3.05) is 10.5 Å². The summed E-state index contributed by atoms with van der Waals surface area (Å²) in [6.07, 6.45) is 4.53. The number of carbonyl (C=O) groups is 2. The fourth-order valence-corrected chi connectivity index (χ4v) is 11.5. The number of sulfonamides is 1. The first-order valence-corrected chi connectivity index (χ1v) is 19.4. The molecule has 3 heterocycles. The SMILES string of the molecule is CCCS(=O)(=O)Nc1ccc(F)c(C(=O)c2cn(C(=O)C3=[C](Cl)[Tl][CH2]C=C3Cl)c3ncc(Br)cc23)c1F. The van der Waals surface area contributed by atoms with E-state index in [0.717, 1.165) is 26.9 Å². The number of halogens is 5. The Morgan fingerprint density at radius 2 is 2.00 bits per heavy atom. The molecule has 191 valence electrons. The van der Waals surface area contributed by atoms with Gasteiger partial charge in [0, 0.05) is 0 Å². The third-order valence-corrected chi connectivity index (χ3v) is 13.6. The van der Waals surface area contributed by atoms with Crippen molar-refractivity contribution in [1.29, 1.82) is 0 Å². The number of ketones is 1. The topological polar surface area (TPSA) is 98.1 Å². The fraction of sp³-hybridized carbons (Fsp3) is 0.174. The Morgan fingerprint density at radius 1 is 1.27 bits per heavy atom. The molecule has 0 fully saturated rings. The molecule has 0 spiro atoms. The molecule has 0 unspecified atom stereocenters. The van der Waals surface area contributed by atoms with Gasteiger partial charge in [-0.1, -0.05) is 6.92 Å². The Kier molecular flexibility index (Phi) is 8.58. The van der Waals surface area contributed by atoms with Crippen LogP contribution < -0.4 is 4.72 Å². The van der Waals surface area contributed by atoms with Gasteiger partial charge in [0.05, 0.1) is 5.75 Å². The van der Waals surface area contributed by atoms with E-state index in [2.05, 4.69) is 20.9 Å². The van der Waals surface area contributed by atoms with E-state index in [4.69, 9.17) is 23.2 Å². The van der Waals surface area contributed by atoms with E-state index in [1.54, 1.807) is 13.0 Å². The van der Waals surface area contributed by atoms with E-state index < -0.39 is 68.8 Å². The predicted octanol–water partition coefficient (Wildman–Crippen LogP) is 5.81. The molecule has 0 saturated carbocycles. The number of aromatic nitrogens is 2. The number of allylic oxidation sites excluding steroid dienone is 3. The van der Waals surface area contributed by atoms with Gasteiger partial charge in [0.1, 0.15) is 0 Å². The van der Waals surface area contributed by atoms with Gasteiger partial charge in [0.15, 0.2) is 0 Å². The number of carbonyl (C=O) groups excluding carboxylic acids is 2. The molecule has 0 radical (unpaired) electrons. The monoisotopic (exact) mass is 822 g/mol. The molecule has 7 nitrogen and oxygen atoms in total. The van der Waals surface area contributed by atoms with Crippen LogP contribution >= 0.6 is 39.1 Å². The van der Waals surface area contributed by atoms with Gasteiger partial charge in [0.2, 0.25) is 0 Å². The first kappa shape index (κ1) is 28.3. The number of nitrogens with zero attached hydrogens (tertiary/aromatic N) is 2. The van der Waals surface area contributed by atoms with Crippen molar-refractivity contribution in [1.82, 2.24) is 9.55 Å². The molecule has 0 saturated heterocycles. The summed E-state index contributed by atoms with van der Waals surface area (Å²) >= 11 is 14.3. The van der Waals surface area contributed by atoms with Crippen molar-refractivity contribution in [2.45, 2.75) is 17.3 Å². The summed E-state index contributed by atoms with van der Waals surface area (Å²) in [5, 5.41) is 0.327. The van der Waals surface area contributed by atoms with Crippen molar-refractivity contribution in [3.8, 4) is 0 Å².